The molecule has 0 bridgehead atoms. The molecule has 0 aromatic carbocycles. The van der Waals surface area contributed by atoms with Gasteiger partial charge in [-0.05, 0) is 24.7 Å². The molecule has 1 aliphatic rings. The third kappa shape index (κ3) is 2.08. The summed E-state index contributed by atoms with van der Waals surface area (Å²) in [4.78, 5) is 21.5. The summed E-state index contributed by atoms with van der Waals surface area (Å²) >= 11 is 0. The fraction of sp³-hybridized carbons (Fsp3) is 0.800. The van der Waals surface area contributed by atoms with Gasteiger partial charge in [0.25, 0.3) is 0 Å². The Labute approximate surface area is 78.1 Å². The van der Waals surface area contributed by atoms with Gasteiger partial charge in [-0.15, -0.1) is 0 Å². The van der Waals surface area contributed by atoms with E-state index < -0.39 is 5.97 Å². The molecule has 1 saturated carbocycles. The molecule has 1 N–H and O–H groups in total. The zero-order chi connectivity index (χ0) is 10.1. The van der Waals surface area contributed by atoms with Crippen LogP contribution in [0.5, 0.6) is 0 Å². The Balaban J connectivity index is 2.72. The second-order valence-electron chi connectivity index (χ2n) is 4.56. The van der Waals surface area contributed by atoms with E-state index in [0.29, 0.717) is 12.8 Å². The Kier molecular flexibility index (Phi) is 2.74. The van der Waals surface area contributed by atoms with Crippen molar-refractivity contribution in [2.24, 2.45) is 17.3 Å². The van der Waals surface area contributed by atoms with E-state index in [1.54, 1.807) is 0 Å². The molecule has 0 spiro atoms. The molecule has 0 saturated heterocycles. The SMILES string of the molecule is CC1(C)C[C@H](C=O)CC[C@H]1C(=O)O. The van der Waals surface area contributed by atoms with Crippen molar-refractivity contribution in [1.29, 1.82) is 0 Å². The average Bonchev–Trinajstić information content (AvgIpc) is 2.01. The molecule has 3 nitrogen and oxygen atoms in total. The molecule has 1 fully saturated rings. The highest BCUT2D eigenvalue weighted by Gasteiger charge is 2.40. The first-order valence-electron chi connectivity index (χ1n) is 4.65. The summed E-state index contributed by atoms with van der Waals surface area (Å²) in [5.41, 5.74) is -0.240. The number of carboxylic acid groups (broad SMARTS) is 1. The maximum atomic E-state index is 10.9. The largest absolute Gasteiger partial charge is 0.481 e. The zero-order valence-electron chi connectivity index (χ0n) is 8.12. The third-order valence-corrected chi connectivity index (χ3v) is 3.05. The lowest BCUT2D eigenvalue weighted by atomic mass is 9.65. The predicted octanol–water partition coefficient (Wildman–Crippen LogP) is 1.71. The third-order valence-electron chi connectivity index (χ3n) is 3.05. The number of carbonyl (C=O) groups is 2. The van der Waals surface area contributed by atoms with Crippen molar-refractivity contribution in [1.82, 2.24) is 0 Å². The molecule has 0 aromatic rings. The minimum atomic E-state index is -0.727. The first-order valence-corrected chi connectivity index (χ1v) is 4.65. The van der Waals surface area contributed by atoms with E-state index in [1.807, 2.05) is 13.8 Å². The fourth-order valence-electron chi connectivity index (χ4n) is 2.27. The Morgan fingerprint density at radius 2 is 2.08 bits per heavy atom. The molecule has 0 aliphatic heterocycles. The molecular formula is C10H16O3. The minimum absolute atomic E-state index is 0.0607. The van der Waals surface area contributed by atoms with Gasteiger partial charge in [-0.1, -0.05) is 13.8 Å². The Hall–Kier alpha value is -0.860. The van der Waals surface area contributed by atoms with Crippen LogP contribution in [-0.4, -0.2) is 17.4 Å². The molecule has 1 aliphatic carbocycles. The molecule has 74 valence electrons. The normalized spacial score (nSPS) is 32.5. The van der Waals surface area contributed by atoms with Crippen molar-refractivity contribution < 1.29 is 14.7 Å². The number of carboxylic acids is 1. The van der Waals surface area contributed by atoms with Crippen LogP contribution in [0.2, 0.25) is 0 Å². The van der Waals surface area contributed by atoms with E-state index in [0.717, 1.165) is 12.7 Å². The van der Waals surface area contributed by atoms with Crippen LogP contribution in [0.1, 0.15) is 33.1 Å². The summed E-state index contributed by atoms with van der Waals surface area (Å²) in [6, 6.07) is 0. The van der Waals surface area contributed by atoms with Gasteiger partial charge in [-0.2, -0.15) is 0 Å². The topological polar surface area (TPSA) is 54.4 Å². The number of rotatable bonds is 2. The van der Waals surface area contributed by atoms with Gasteiger partial charge in [0, 0.05) is 5.92 Å². The van der Waals surface area contributed by atoms with Gasteiger partial charge in [0.2, 0.25) is 0 Å². The van der Waals surface area contributed by atoms with Gasteiger partial charge in [-0.25, -0.2) is 0 Å². The molecule has 0 radical (unpaired) electrons. The lowest BCUT2D eigenvalue weighted by Gasteiger charge is -2.38. The Bertz CT molecular complexity index is 220. The molecule has 3 heteroatoms. The van der Waals surface area contributed by atoms with Crippen molar-refractivity contribution in [3.63, 3.8) is 0 Å². The number of carbonyl (C=O) groups excluding carboxylic acids is 1. The van der Waals surface area contributed by atoms with Gasteiger partial charge in [0.05, 0.1) is 5.92 Å². The van der Waals surface area contributed by atoms with Crippen molar-refractivity contribution in [2.75, 3.05) is 0 Å². The highest BCUT2D eigenvalue weighted by Crippen LogP contribution is 2.42. The molecule has 0 unspecified atom stereocenters. The number of hydrogen-bond acceptors (Lipinski definition) is 2. The standard InChI is InChI=1S/C10H16O3/c1-10(2)5-7(6-11)3-4-8(10)9(12)13/h6-8H,3-5H2,1-2H3,(H,12,13)/t7-,8+/m1/s1. The quantitative estimate of drug-likeness (QED) is 0.665. The summed E-state index contributed by atoms with van der Waals surface area (Å²) in [5.74, 6) is -0.955. The summed E-state index contributed by atoms with van der Waals surface area (Å²) in [7, 11) is 0. The van der Waals surface area contributed by atoms with E-state index in [4.69, 9.17) is 5.11 Å². The first-order chi connectivity index (χ1) is 5.97. The zero-order valence-corrected chi connectivity index (χ0v) is 8.12. The van der Waals surface area contributed by atoms with Crippen LogP contribution in [0.25, 0.3) is 0 Å². The fourth-order valence-corrected chi connectivity index (χ4v) is 2.27. The molecule has 2 atom stereocenters. The molecular weight excluding hydrogens is 168 g/mol. The Morgan fingerprint density at radius 1 is 1.46 bits per heavy atom. The summed E-state index contributed by atoms with van der Waals surface area (Å²) in [6.07, 6.45) is 3.02. The van der Waals surface area contributed by atoms with E-state index in [-0.39, 0.29) is 17.3 Å². The molecule has 13 heavy (non-hydrogen) atoms. The monoisotopic (exact) mass is 184 g/mol. The Morgan fingerprint density at radius 3 is 2.46 bits per heavy atom. The van der Waals surface area contributed by atoms with Crippen LogP contribution in [0.15, 0.2) is 0 Å². The average molecular weight is 184 g/mol. The highest BCUT2D eigenvalue weighted by atomic mass is 16.4. The summed E-state index contributed by atoms with van der Waals surface area (Å²) < 4.78 is 0. The number of aldehydes is 1. The molecule has 1 rings (SSSR count). The minimum Gasteiger partial charge on any atom is -0.481 e. The van der Waals surface area contributed by atoms with E-state index in [1.165, 1.54) is 0 Å². The van der Waals surface area contributed by atoms with Gasteiger partial charge in [-0.3, -0.25) is 4.79 Å². The van der Waals surface area contributed by atoms with Crippen LogP contribution >= 0.6 is 0 Å². The molecule has 0 aromatic heterocycles. The van der Waals surface area contributed by atoms with Crippen LogP contribution in [0.3, 0.4) is 0 Å². The summed E-state index contributed by atoms with van der Waals surface area (Å²) in [5, 5.41) is 8.94. The van der Waals surface area contributed by atoms with Crippen LogP contribution in [-0.2, 0) is 9.59 Å². The van der Waals surface area contributed by atoms with Crippen molar-refractivity contribution in [2.45, 2.75) is 33.1 Å². The second-order valence-corrected chi connectivity index (χ2v) is 4.56. The van der Waals surface area contributed by atoms with Gasteiger partial charge >= 0.3 is 5.97 Å². The lowest BCUT2D eigenvalue weighted by molar-refractivity contribution is -0.149. The second kappa shape index (κ2) is 3.48. The van der Waals surface area contributed by atoms with Crippen LogP contribution < -0.4 is 0 Å². The number of aliphatic carboxylic acids is 1. The molecule has 0 heterocycles. The maximum absolute atomic E-state index is 10.9. The van der Waals surface area contributed by atoms with Crippen LogP contribution in [0.4, 0.5) is 0 Å². The van der Waals surface area contributed by atoms with Crippen molar-refractivity contribution in [3.8, 4) is 0 Å². The van der Waals surface area contributed by atoms with Gasteiger partial charge in [0.1, 0.15) is 6.29 Å². The van der Waals surface area contributed by atoms with E-state index in [2.05, 4.69) is 0 Å². The predicted molar refractivity (Wildman–Crippen MR) is 48.3 cm³/mol. The maximum Gasteiger partial charge on any atom is 0.307 e. The molecule has 0 amide bonds. The number of hydrogen-bond donors (Lipinski definition) is 1. The van der Waals surface area contributed by atoms with Gasteiger partial charge in [0.15, 0.2) is 0 Å². The first kappa shape index (κ1) is 10.2. The van der Waals surface area contributed by atoms with Crippen LogP contribution in [0, 0.1) is 17.3 Å². The van der Waals surface area contributed by atoms with Gasteiger partial charge < -0.3 is 9.90 Å². The highest BCUT2D eigenvalue weighted by molar-refractivity contribution is 5.71. The van der Waals surface area contributed by atoms with E-state index in [9.17, 15) is 9.59 Å². The van der Waals surface area contributed by atoms with Crippen molar-refractivity contribution >= 4 is 12.3 Å². The van der Waals surface area contributed by atoms with Crippen molar-refractivity contribution in [3.05, 3.63) is 0 Å². The summed E-state index contributed by atoms with van der Waals surface area (Å²) in [6.45, 7) is 3.86. The smallest absolute Gasteiger partial charge is 0.307 e. The van der Waals surface area contributed by atoms with E-state index >= 15 is 0 Å². The lowest BCUT2D eigenvalue weighted by Crippen LogP contribution is -2.37.